The number of nitrogens with zero attached hydrogens (tertiary/aromatic N) is 1. The van der Waals surface area contributed by atoms with Gasteiger partial charge in [-0.2, -0.15) is 23.2 Å². The van der Waals surface area contributed by atoms with Gasteiger partial charge in [-0.05, 0) is 49.4 Å². The lowest BCUT2D eigenvalue weighted by atomic mass is 10.2. The second-order valence-electron chi connectivity index (χ2n) is 6.33. The molecule has 1 atom stereocenters. The summed E-state index contributed by atoms with van der Waals surface area (Å²) in [5.41, 5.74) is -0.641. The van der Waals surface area contributed by atoms with E-state index < -0.39 is 56.2 Å². The SMILES string of the molecule is C[C@H](NS(=O)(=O)c1ccc(Cl)c(C(F)(F)F)c1)C(=O)OCC(=O)Nc1ccc(C#N)cc1. The van der Waals surface area contributed by atoms with Gasteiger partial charge in [0.25, 0.3) is 5.91 Å². The molecule has 0 unspecified atom stereocenters. The minimum Gasteiger partial charge on any atom is -0.454 e. The summed E-state index contributed by atoms with van der Waals surface area (Å²) in [6, 6.07) is 8.19. The Hall–Kier alpha value is -3.14. The number of amides is 1. The molecule has 0 aliphatic carbocycles. The molecule has 0 aromatic heterocycles. The lowest BCUT2D eigenvalue weighted by Gasteiger charge is -2.15. The van der Waals surface area contributed by atoms with Crippen molar-refractivity contribution in [2.75, 3.05) is 11.9 Å². The Bertz CT molecular complexity index is 1160. The van der Waals surface area contributed by atoms with Crippen LogP contribution in [0.15, 0.2) is 47.4 Å². The topological polar surface area (TPSA) is 125 Å². The number of anilines is 1. The largest absolute Gasteiger partial charge is 0.454 e. The molecular formula is C19H15ClF3N3O5S. The molecule has 0 fully saturated rings. The highest BCUT2D eigenvalue weighted by Crippen LogP contribution is 2.35. The Morgan fingerprint density at radius 1 is 1.19 bits per heavy atom. The van der Waals surface area contributed by atoms with E-state index in [1.807, 2.05) is 10.8 Å². The van der Waals surface area contributed by atoms with Crippen molar-refractivity contribution in [2.24, 2.45) is 0 Å². The summed E-state index contributed by atoms with van der Waals surface area (Å²) >= 11 is 5.47. The molecule has 0 bridgehead atoms. The van der Waals surface area contributed by atoms with Crippen LogP contribution in [0.2, 0.25) is 5.02 Å². The molecule has 170 valence electrons. The summed E-state index contributed by atoms with van der Waals surface area (Å²) in [7, 11) is -4.53. The number of rotatable bonds is 7. The van der Waals surface area contributed by atoms with E-state index in [4.69, 9.17) is 21.6 Å². The van der Waals surface area contributed by atoms with Crippen molar-refractivity contribution in [1.82, 2.24) is 4.72 Å². The first-order valence-electron chi connectivity index (χ1n) is 8.69. The first kappa shape index (κ1) is 25.1. The van der Waals surface area contributed by atoms with Crippen molar-refractivity contribution in [3.05, 3.63) is 58.6 Å². The number of benzene rings is 2. The lowest BCUT2D eigenvalue weighted by molar-refractivity contribution is -0.148. The van der Waals surface area contributed by atoms with Crippen LogP contribution in [0.5, 0.6) is 0 Å². The Kier molecular flexibility index (Phi) is 7.84. The maximum atomic E-state index is 13.0. The molecule has 0 saturated carbocycles. The number of carbonyl (C=O) groups excluding carboxylic acids is 2. The minimum absolute atomic E-state index is 0.335. The van der Waals surface area contributed by atoms with Gasteiger partial charge in [-0.3, -0.25) is 9.59 Å². The number of nitriles is 1. The van der Waals surface area contributed by atoms with Crippen LogP contribution in [-0.2, 0) is 30.5 Å². The van der Waals surface area contributed by atoms with Crippen molar-refractivity contribution in [3.63, 3.8) is 0 Å². The number of carbonyl (C=O) groups is 2. The fourth-order valence-electron chi connectivity index (χ4n) is 2.32. The quantitative estimate of drug-likeness (QED) is 0.576. The maximum Gasteiger partial charge on any atom is 0.417 e. The van der Waals surface area contributed by atoms with Gasteiger partial charge in [0.2, 0.25) is 10.0 Å². The summed E-state index contributed by atoms with van der Waals surface area (Å²) in [4.78, 5) is 23.1. The predicted molar refractivity (Wildman–Crippen MR) is 107 cm³/mol. The van der Waals surface area contributed by atoms with Crippen molar-refractivity contribution in [1.29, 1.82) is 5.26 Å². The fourth-order valence-corrected chi connectivity index (χ4v) is 3.77. The van der Waals surface area contributed by atoms with E-state index in [2.05, 4.69) is 5.32 Å². The van der Waals surface area contributed by atoms with Crippen LogP contribution >= 0.6 is 11.6 Å². The third-order valence-corrected chi connectivity index (χ3v) is 5.75. The number of ether oxygens (including phenoxy) is 1. The number of esters is 1. The highest BCUT2D eigenvalue weighted by Gasteiger charge is 2.35. The number of halogens is 4. The second-order valence-corrected chi connectivity index (χ2v) is 8.45. The zero-order chi connectivity index (χ0) is 24.1. The van der Waals surface area contributed by atoms with Crippen molar-refractivity contribution < 1.29 is 35.9 Å². The number of hydrogen-bond donors (Lipinski definition) is 2. The van der Waals surface area contributed by atoms with Crippen molar-refractivity contribution in [3.8, 4) is 6.07 Å². The van der Waals surface area contributed by atoms with E-state index in [0.29, 0.717) is 17.3 Å². The Labute approximate surface area is 186 Å². The summed E-state index contributed by atoms with van der Waals surface area (Å²) in [5, 5.41) is 10.4. The second kappa shape index (κ2) is 9.99. The standard InChI is InChI=1S/C19H15ClF3N3O5S/c1-11(18(28)31-10-17(27)25-13-4-2-12(9-24)3-5-13)26-32(29,30)14-6-7-16(20)15(8-14)19(21,22)23/h2-8,11,26H,10H2,1H3,(H,25,27)/t11-/m0/s1. The highest BCUT2D eigenvalue weighted by atomic mass is 35.5. The van der Waals surface area contributed by atoms with Crippen LogP contribution in [-0.4, -0.2) is 32.9 Å². The minimum atomic E-state index is -4.88. The van der Waals surface area contributed by atoms with E-state index in [1.54, 1.807) is 0 Å². The van der Waals surface area contributed by atoms with Gasteiger partial charge in [0, 0.05) is 5.69 Å². The van der Waals surface area contributed by atoms with Gasteiger partial charge in [0.15, 0.2) is 6.61 Å². The lowest BCUT2D eigenvalue weighted by Crippen LogP contribution is -2.40. The molecule has 2 aromatic carbocycles. The van der Waals surface area contributed by atoms with E-state index >= 15 is 0 Å². The van der Waals surface area contributed by atoms with Crippen LogP contribution in [0.25, 0.3) is 0 Å². The van der Waals surface area contributed by atoms with Crippen LogP contribution in [0.1, 0.15) is 18.1 Å². The highest BCUT2D eigenvalue weighted by molar-refractivity contribution is 7.89. The zero-order valence-corrected chi connectivity index (χ0v) is 17.8. The average Bonchev–Trinajstić information content (AvgIpc) is 2.71. The Morgan fingerprint density at radius 2 is 1.81 bits per heavy atom. The van der Waals surface area contributed by atoms with Gasteiger partial charge in [-0.25, -0.2) is 8.42 Å². The first-order chi connectivity index (χ1) is 14.8. The van der Waals surface area contributed by atoms with Gasteiger partial charge >= 0.3 is 12.1 Å². The maximum absolute atomic E-state index is 13.0. The van der Waals surface area contributed by atoms with Crippen molar-refractivity contribution in [2.45, 2.75) is 24.0 Å². The number of alkyl halides is 3. The van der Waals surface area contributed by atoms with E-state index in [1.165, 1.54) is 24.3 Å². The van der Waals surface area contributed by atoms with E-state index in [9.17, 15) is 31.2 Å². The number of nitrogens with one attached hydrogen (secondary N) is 2. The summed E-state index contributed by atoms with van der Waals surface area (Å²) in [5.74, 6) is -1.86. The summed E-state index contributed by atoms with van der Waals surface area (Å²) in [6.07, 6.45) is -4.88. The molecule has 2 N–H and O–H groups in total. The van der Waals surface area contributed by atoms with E-state index in [0.717, 1.165) is 19.1 Å². The molecular weight excluding hydrogens is 475 g/mol. The number of hydrogen-bond acceptors (Lipinski definition) is 6. The van der Waals surface area contributed by atoms with Gasteiger partial charge < -0.3 is 10.1 Å². The summed E-state index contributed by atoms with van der Waals surface area (Å²) < 4.78 is 70.1. The third kappa shape index (κ3) is 6.68. The molecule has 32 heavy (non-hydrogen) atoms. The van der Waals surface area contributed by atoms with E-state index in [-0.39, 0.29) is 0 Å². The fraction of sp³-hybridized carbons (Fsp3) is 0.211. The molecule has 8 nitrogen and oxygen atoms in total. The zero-order valence-electron chi connectivity index (χ0n) is 16.2. The van der Waals surface area contributed by atoms with Gasteiger partial charge in [-0.1, -0.05) is 11.6 Å². The van der Waals surface area contributed by atoms with Crippen LogP contribution < -0.4 is 10.0 Å². The molecule has 13 heteroatoms. The molecule has 0 radical (unpaired) electrons. The number of sulfonamides is 1. The molecule has 2 aromatic rings. The molecule has 0 aliphatic heterocycles. The van der Waals surface area contributed by atoms with Crippen LogP contribution in [0, 0.1) is 11.3 Å². The van der Waals surface area contributed by atoms with Gasteiger partial charge in [0.1, 0.15) is 6.04 Å². The normalized spacial score (nSPS) is 12.5. The third-order valence-electron chi connectivity index (χ3n) is 3.88. The first-order valence-corrected chi connectivity index (χ1v) is 10.6. The smallest absolute Gasteiger partial charge is 0.417 e. The van der Waals surface area contributed by atoms with Gasteiger partial charge in [0.05, 0.1) is 27.1 Å². The average molecular weight is 490 g/mol. The Morgan fingerprint density at radius 3 is 2.38 bits per heavy atom. The summed E-state index contributed by atoms with van der Waals surface area (Å²) in [6.45, 7) is 0.350. The molecule has 0 aliphatic rings. The monoisotopic (exact) mass is 489 g/mol. The molecule has 0 spiro atoms. The molecule has 0 saturated heterocycles. The van der Waals surface area contributed by atoms with Gasteiger partial charge in [-0.15, -0.1) is 0 Å². The molecule has 1 amide bonds. The van der Waals surface area contributed by atoms with Crippen LogP contribution in [0.4, 0.5) is 18.9 Å². The van der Waals surface area contributed by atoms with Crippen molar-refractivity contribution >= 4 is 39.2 Å². The predicted octanol–water partition coefficient (Wildman–Crippen LogP) is 3.08. The molecule has 0 heterocycles. The molecule has 2 rings (SSSR count). The Balaban J connectivity index is 1.97. The van der Waals surface area contributed by atoms with Crippen LogP contribution in [0.3, 0.4) is 0 Å².